The number of rotatable bonds is 2. The molecular formula is C12H16N5O7P. The molecule has 4 N–H and O–H groups in total. The molecule has 2 aliphatic heterocycles. The summed E-state index contributed by atoms with van der Waals surface area (Å²) < 4.78 is 33.8. The van der Waals surface area contributed by atoms with E-state index in [1.807, 2.05) is 0 Å². The molecule has 2 aliphatic rings. The van der Waals surface area contributed by atoms with E-state index >= 15 is 0 Å². The van der Waals surface area contributed by atoms with Gasteiger partial charge in [-0.25, -0.2) is 9.55 Å². The summed E-state index contributed by atoms with van der Waals surface area (Å²) in [6.45, 7) is 1.24. The van der Waals surface area contributed by atoms with Crippen LogP contribution in [0.1, 0.15) is 13.2 Å². The van der Waals surface area contributed by atoms with E-state index in [9.17, 15) is 14.6 Å². The molecular weight excluding hydrogens is 357 g/mol. The predicted octanol–water partition coefficient (Wildman–Crippen LogP) is -0.419. The maximum absolute atomic E-state index is 11.7. The van der Waals surface area contributed by atoms with E-state index in [1.165, 1.54) is 24.9 Å². The van der Waals surface area contributed by atoms with E-state index in [4.69, 9.17) is 24.3 Å². The Morgan fingerprint density at radius 3 is 3.00 bits per heavy atom. The van der Waals surface area contributed by atoms with Crippen molar-refractivity contribution in [1.29, 1.82) is 0 Å². The molecule has 4 heterocycles. The first-order chi connectivity index (χ1) is 11.7. The van der Waals surface area contributed by atoms with Crippen molar-refractivity contribution < 1.29 is 33.1 Å². The lowest BCUT2D eigenvalue weighted by Gasteiger charge is -2.33. The van der Waals surface area contributed by atoms with Gasteiger partial charge in [0.05, 0.1) is 20.0 Å². The van der Waals surface area contributed by atoms with Crippen molar-refractivity contribution in [1.82, 2.24) is 19.5 Å². The summed E-state index contributed by atoms with van der Waals surface area (Å²) in [7, 11) is -2.82. The Hall–Kier alpha value is -1.82. The highest BCUT2D eigenvalue weighted by Gasteiger charge is 2.59. The fourth-order valence-corrected chi connectivity index (χ4v) is 4.13. The maximum atomic E-state index is 11.7. The van der Waals surface area contributed by atoms with Crippen molar-refractivity contribution in [2.45, 2.75) is 31.0 Å². The molecule has 4 rings (SSSR count). The third-order valence-corrected chi connectivity index (χ3v) is 5.19. The molecule has 0 aliphatic carbocycles. The van der Waals surface area contributed by atoms with Crippen molar-refractivity contribution in [2.75, 3.05) is 19.5 Å². The molecule has 0 aromatic carbocycles. The number of phosphoric acid groups is 1. The first-order valence-corrected chi connectivity index (χ1v) is 8.80. The van der Waals surface area contributed by atoms with Crippen LogP contribution in [-0.4, -0.2) is 61.0 Å². The Morgan fingerprint density at radius 1 is 1.52 bits per heavy atom. The Morgan fingerprint density at radius 2 is 2.28 bits per heavy atom. The van der Waals surface area contributed by atoms with Crippen LogP contribution in [0.2, 0.25) is 0 Å². The lowest BCUT2D eigenvalue weighted by atomic mass is 9.96. The highest BCUT2D eigenvalue weighted by Crippen LogP contribution is 2.55. The summed E-state index contributed by atoms with van der Waals surface area (Å²) in [6, 6.07) is 0. The maximum Gasteiger partial charge on any atom is 0.472 e. The third-order valence-electron chi connectivity index (χ3n) is 4.22. The quantitative estimate of drug-likeness (QED) is 0.586. The zero-order chi connectivity index (χ0) is 18.0. The number of nitrogens with two attached hydrogens (primary N) is 1. The fourth-order valence-electron chi connectivity index (χ4n) is 3.10. The van der Waals surface area contributed by atoms with Crippen LogP contribution < -0.4 is 10.5 Å². The Labute approximate surface area is 141 Å². The van der Waals surface area contributed by atoms with Crippen LogP contribution >= 0.6 is 7.82 Å². The number of phosphoric ester groups is 1. The molecule has 2 fully saturated rings. The number of aliphatic hydroxyl groups is 1. The number of nitrogens with zero attached hydrogens (tertiary/aromatic N) is 4. The van der Waals surface area contributed by atoms with Crippen LogP contribution in [0.5, 0.6) is 5.88 Å². The zero-order valence-electron chi connectivity index (χ0n) is 13.3. The lowest BCUT2D eigenvalue weighted by Crippen LogP contribution is -2.47. The van der Waals surface area contributed by atoms with Gasteiger partial charge in [0.2, 0.25) is 11.8 Å². The van der Waals surface area contributed by atoms with Crippen LogP contribution in [0.3, 0.4) is 0 Å². The summed E-state index contributed by atoms with van der Waals surface area (Å²) in [5.41, 5.74) is 4.64. The van der Waals surface area contributed by atoms with E-state index in [0.717, 1.165) is 0 Å². The Balaban J connectivity index is 1.79. The first-order valence-electron chi connectivity index (χ1n) is 7.30. The number of anilines is 1. The van der Waals surface area contributed by atoms with E-state index in [0.29, 0.717) is 5.52 Å². The average molecular weight is 373 g/mol. The number of nitrogen functional groups attached to an aromatic ring is 1. The van der Waals surface area contributed by atoms with Gasteiger partial charge < -0.3 is 25.2 Å². The van der Waals surface area contributed by atoms with Crippen molar-refractivity contribution >= 4 is 24.9 Å². The van der Waals surface area contributed by atoms with Gasteiger partial charge in [0, 0.05) is 0 Å². The molecule has 5 atom stereocenters. The summed E-state index contributed by atoms with van der Waals surface area (Å²) in [5, 5.41) is 10.9. The van der Waals surface area contributed by atoms with Gasteiger partial charge in [-0.1, -0.05) is 0 Å². The van der Waals surface area contributed by atoms with Crippen molar-refractivity contribution in [3.63, 3.8) is 0 Å². The Bertz CT molecular complexity index is 886. The monoisotopic (exact) mass is 373 g/mol. The second-order valence-corrected chi connectivity index (χ2v) is 7.36. The normalized spacial score (nSPS) is 38.0. The molecule has 1 unspecified atom stereocenters. The van der Waals surface area contributed by atoms with Gasteiger partial charge in [-0.15, -0.1) is 0 Å². The van der Waals surface area contributed by atoms with Crippen LogP contribution in [0.15, 0.2) is 6.33 Å². The largest absolute Gasteiger partial charge is 0.479 e. The van der Waals surface area contributed by atoms with Gasteiger partial charge in [0.25, 0.3) is 0 Å². The van der Waals surface area contributed by atoms with E-state index < -0.39 is 31.9 Å². The molecule has 25 heavy (non-hydrogen) atoms. The summed E-state index contributed by atoms with van der Waals surface area (Å²) >= 11 is 0. The Kier molecular flexibility index (Phi) is 3.55. The molecule has 0 amide bonds. The molecule has 2 saturated heterocycles. The van der Waals surface area contributed by atoms with Gasteiger partial charge >= 0.3 is 7.82 Å². The fraction of sp³-hybridized carbons (Fsp3) is 0.583. The number of hydrogen-bond donors (Lipinski definition) is 3. The van der Waals surface area contributed by atoms with Crippen molar-refractivity contribution in [2.24, 2.45) is 0 Å². The number of ether oxygens (including phenoxy) is 2. The molecule has 12 nitrogen and oxygen atoms in total. The minimum Gasteiger partial charge on any atom is -0.479 e. The molecule has 0 bridgehead atoms. The van der Waals surface area contributed by atoms with Crippen molar-refractivity contribution in [3.05, 3.63) is 6.33 Å². The third kappa shape index (κ3) is 2.49. The molecule has 0 radical (unpaired) electrons. The molecule has 13 heteroatoms. The van der Waals surface area contributed by atoms with Gasteiger partial charge in [-0.05, 0) is 6.92 Å². The number of hydrogen-bond acceptors (Lipinski definition) is 10. The second kappa shape index (κ2) is 5.34. The minimum atomic E-state index is -4.24. The SMILES string of the molecule is COc1nc(N)nc2c1ncn2[C@@H]1O[C@@H]2COP(=O)(O)O[C@H]2[C@@]1(C)O. The van der Waals surface area contributed by atoms with E-state index in [-0.39, 0.29) is 24.1 Å². The van der Waals surface area contributed by atoms with E-state index in [2.05, 4.69) is 15.0 Å². The highest BCUT2D eigenvalue weighted by molar-refractivity contribution is 7.47. The number of methoxy groups -OCH3 is 1. The summed E-state index contributed by atoms with van der Waals surface area (Å²) in [6.07, 6.45) is -1.43. The van der Waals surface area contributed by atoms with Crippen LogP contribution in [-0.2, 0) is 18.3 Å². The standard InChI is InChI=1S/C12H16N5O7P/c1-12(18)7-5(3-22-25(19,20)24-7)23-10(12)17-4-14-6-8(17)15-11(13)16-9(6)21-2/h4-5,7,10,18H,3H2,1-2H3,(H,19,20)(H2,13,15,16)/t5-,7-,10-,12-/m1/s1. The molecule has 2 aromatic heterocycles. The first kappa shape index (κ1) is 16.6. The predicted molar refractivity (Wildman–Crippen MR) is 81.5 cm³/mol. The lowest BCUT2D eigenvalue weighted by molar-refractivity contribution is -0.0900. The zero-order valence-corrected chi connectivity index (χ0v) is 14.2. The van der Waals surface area contributed by atoms with Gasteiger partial charge in [-0.3, -0.25) is 13.6 Å². The summed E-state index contributed by atoms with van der Waals surface area (Å²) in [4.78, 5) is 21.8. The number of aromatic nitrogens is 4. The highest BCUT2D eigenvalue weighted by atomic mass is 31.2. The smallest absolute Gasteiger partial charge is 0.472 e. The number of imidazole rings is 1. The van der Waals surface area contributed by atoms with Gasteiger partial charge in [-0.2, -0.15) is 9.97 Å². The number of fused-ring (bicyclic) bond motifs is 2. The van der Waals surface area contributed by atoms with Gasteiger partial charge in [0.1, 0.15) is 17.8 Å². The van der Waals surface area contributed by atoms with Crippen LogP contribution in [0, 0.1) is 0 Å². The van der Waals surface area contributed by atoms with Crippen LogP contribution in [0.4, 0.5) is 5.95 Å². The van der Waals surface area contributed by atoms with Crippen LogP contribution in [0.25, 0.3) is 11.2 Å². The van der Waals surface area contributed by atoms with Gasteiger partial charge in [0.15, 0.2) is 17.4 Å². The summed E-state index contributed by atoms with van der Waals surface area (Å²) in [5.74, 6) is 0.136. The molecule has 0 spiro atoms. The minimum absolute atomic E-state index is 0.0411. The van der Waals surface area contributed by atoms with E-state index in [1.54, 1.807) is 0 Å². The average Bonchev–Trinajstić information content (AvgIpc) is 3.05. The topological polar surface area (TPSA) is 164 Å². The molecule has 2 aromatic rings. The van der Waals surface area contributed by atoms with Crippen molar-refractivity contribution in [3.8, 4) is 5.88 Å². The molecule has 136 valence electrons. The second-order valence-electron chi connectivity index (χ2n) is 5.96. The molecule has 0 saturated carbocycles.